The Bertz CT molecular complexity index is 594. The first-order valence-corrected chi connectivity index (χ1v) is 5.82. The van der Waals surface area contributed by atoms with Crippen molar-refractivity contribution >= 4 is 23.3 Å². The Labute approximate surface area is 113 Å². The lowest BCUT2D eigenvalue weighted by Crippen LogP contribution is -2.33. The zero-order valence-corrected chi connectivity index (χ0v) is 10.4. The van der Waals surface area contributed by atoms with Crippen molar-refractivity contribution in [1.29, 1.82) is 0 Å². The largest absolute Gasteiger partial charge is 0.477 e. The standard InChI is InChI=1S/C12H11N3O5/c16-11-6-5-10(12(17)18)13-14(11)7-8-1-3-9(4-2-8)15(19)20/h1-4H,5-7H2,(H,17,18). The van der Waals surface area contributed by atoms with E-state index in [4.69, 9.17) is 5.11 Å². The van der Waals surface area contributed by atoms with E-state index >= 15 is 0 Å². The average Bonchev–Trinajstić information content (AvgIpc) is 2.41. The zero-order chi connectivity index (χ0) is 14.7. The lowest BCUT2D eigenvalue weighted by Gasteiger charge is -2.22. The lowest BCUT2D eigenvalue weighted by atomic mass is 10.1. The molecule has 0 saturated heterocycles. The number of aliphatic carboxylic acids is 1. The minimum absolute atomic E-state index is 0.0477. The minimum Gasteiger partial charge on any atom is -0.477 e. The summed E-state index contributed by atoms with van der Waals surface area (Å²) >= 11 is 0. The molecule has 8 heteroatoms. The summed E-state index contributed by atoms with van der Waals surface area (Å²) in [4.78, 5) is 32.5. The van der Waals surface area contributed by atoms with E-state index in [1.807, 2.05) is 0 Å². The van der Waals surface area contributed by atoms with Crippen LogP contribution in [0.25, 0.3) is 0 Å². The second kappa shape index (κ2) is 5.47. The van der Waals surface area contributed by atoms with Crippen LogP contribution in [0.4, 0.5) is 5.69 Å². The molecule has 1 heterocycles. The second-order valence-corrected chi connectivity index (χ2v) is 4.23. The molecule has 0 atom stereocenters. The highest BCUT2D eigenvalue weighted by Gasteiger charge is 2.24. The first-order valence-electron chi connectivity index (χ1n) is 5.82. The molecular weight excluding hydrogens is 266 g/mol. The molecule has 1 aliphatic heterocycles. The summed E-state index contributed by atoms with van der Waals surface area (Å²) in [5, 5.41) is 24.2. The van der Waals surface area contributed by atoms with Crippen molar-refractivity contribution in [3.05, 3.63) is 39.9 Å². The normalized spacial score (nSPS) is 14.9. The maximum Gasteiger partial charge on any atom is 0.352 e. The number of rotatable bonds is 4. The summed E-state index contributed by atoms with van der Waals surface area (Å²) in [6, 6.07) is 5.67. The Morgan fingerprint density at radius 2 is 2.00 bits per heavy atom. The van der Waals surface area contributed by atoms with Gasteiger partial charge in [0.05, 0.1) is 11.5 Å². The molecule has 1 aromatic rings. The summed E-state index contributed by atoms with van der Waals surface area (Å²) in [5.74, 6) is -1.42. The molecule has 0 spiro atoms. The molecule has 0 aromatic heterocycles. The van der Waals surface area contributed by atoms with Crippen molar-refractivity contribution in [2.24, 2.45) is 5.10 Å². The van der Waals surface area contributed by atoms with Crippen LogP contribution in [0.3, 0.4) is 0 Å². The van der Waals surface area contributed by atoms with Crippen molar-refractivity contribution < 1.29 is 19.6 Å². The van der Waals surface area contributed by atoms with Crippen LogP contribution in [0, 0.1) is 10.1 Å². The molecule has 1 amide bonds. The molecule has 0 bridgehead atoms. The van der Waals surface area contributed by atoms with Gasteiger partial charge in [0.1, 0.15) is 5.71 Å². The number of hydrazone groups is 1. The Kier molecular flexibility index (Phi) is 3.74. The fraction of sp³-hybridized carbons (Fsp3) is 0.250. The van der Waals surface area contributed by atoms with E-state index in [2.05, 4.69) is 5.10 Å². The van der Waals surface area contributed by atoms with Crippen molar-refractivity contribution in [2.75, 3.05) is 0 Å². The van der Waals surface area contributed by atoms with Crippen molar-refractivity contribution in [1.82, 2.24) is 5.01 Å². The van der Waals surface area contributed by atoms with Gasteiger partial charge in [0.15, 0.2) is 0 Å². The number of nitro groups is 1. The Hall–Kier alpha value is -2.77. The summed E-state index contributed by atoms with van der Waals surface area (Å²) < 4.78 is 0. The number of carboxylic acid groups (broad SMARTS) is 1. The number of hydrogen-bond donors (Lipinski definition) is 1. The zero-order valence-electron chi connectivity index (χ0n) is 10.4. The van der Waals surface area contributed by atoms with E-state index < -0.39 is 10.9 Å². The topological polar surface area (TPSA) is 113 Å². The van der Waals surface area contributed by atoms with Gasteiger partial charge in [-0.15, -0.1) is 0 Å². The van der Waals surface area contributed by atoms with Crippen molar-refractivity contribution in [2.45, 2.75) is 19.4 Å². The highest BCUT2D eigenvalue weighted by atomic mass is 16.6. The number of benzene rings is 1. The Balaban J connectivity index is 2.15. The van der Waals surface area contributed by atoms with E-state index in [1.54, 1.807) is 0 Å². The molecule has 0 aliphatic carbocycles. The van der Waals surface area contributed by atoms with Crippen LogP contribution in [-0.4, -0.2) is 32.6 Å². The van der Waals surface area contributed by atoms with Gasteiger partial charge in [0.25, 0.3) is 5.69 Å². The quantitative estimate of drug-likeness (QED) is 0.655. The van der Waals surface area contributed by atoms with Crippen LogP contribution < -0.4 is 0 Å². The van der Waals surface area contributed by atoms with Gasteiger partial charge in [0.2, 0.25) is 5.91 Å². The fourth-order valence-corrected chi connectivity index (χ4v) is 1.78. The third-order valence-electron chi connectivity index (χ3n) is 2.83. The number of carboxylic acids is 1. The van der Waals surface area contributed by atoms with E-state index in [0.29, 0.717) is 5.56 Å². The molecule has 1 aliphatic rings. The predicted molar refractivity (Wildman–Crippen MR) is 68.0 cm³/mol. The number of nitro benzene ring substituents is 1. The third-order valence-corrected chi connectivity index (χ3v) is 2.83. The van der Waals surface area contributed by atoms with E-state index in [9.17, 15) is 19.7 Å². The monoisotopic (exact) mass is 277 g/mol. The molecule has 1 aromatic carbocycles. The van der Waals surface area contributed by atoms with Crippen LogP contribution in [0.1, 0.15) is 18.4 Å². The minimum atomic E-state index is -1.15. The van der Waals surface area contributed by atoms with Crippen molar-refractivity contribution in [3.8, 4) is 0 Å². The molecule has 1 N–H and O–H groups in total. The maximum absolute atomic E-state index is 11.7. The van der Waals surface area contributed by atoms with Crippen LogP contribution in [-0.2, 0) is 16.1 Å². The van der Waals surface area contributed by atoms with E-state index in [1.165, 1.54) is 24.3 Å². The van der Waals surface area contributed by atoms with Gasteiger partial charge in [-0.25, -0.2) is 9.80 Å². The third kappa shape index (κ3) is 2.97. The van der Waals surface area contributed by atoms with Gasteiger partial charge in [-0.05, 0) is 5.56 Å². The van der Waals surface area contributed by atoms with Gasteiger partial charge in [0, 0.05) is 25.0 Å². The number of hydrogen-bond acceptors (Lipinski definition) is 5. The van der Waals surface area contributed by atoms with Gasteiger partial charge in [-0.1, -0.05) is 12.1 Å². The van der Waals surface area contributed by atoms with E-state index in [-0.39, 0.29) is 36.7 Å². The summed E-state index contributed by atoms with van der Waals surface area (Å²) in [6.07, 6.45) is 0.211. The first-order chi connectivity index (χ1) is 9.47. The van der Waals surface area contributed by atoms with Crippen LogP contribution in [0.2, 0.25) is 0 Å². The molecular formula is C12H11N3O5. The van der Waals surface area contributed by atoms with Gasteiger partial charge in [-0.2, -0.15) is 5.10 Å². The number of nitrogens with zero attached hydrogens (tertiary/aromatic N) is 3. The first kappa shape index (κ1) is 13.7. The molecule has 0 saturated carbocycles. The summed E-state index contributed by atoms with van der Waals surface area (Å²) in [6.45, 7) is 0.0909. The molecule has 0 unspecified atom stereocenters. The Morgan fingerprint density at radius 3 is 2.55 bits per heavy atom. The SMILES string of the molecule is O=C(O)C1=NN(Cc2ccc([N+](=O)[O-])cc2)C(=O)CC1. The highest BCUT2D eigenvalue weighted by molar-refractivity contribution is 6.36. The number of amides is 1. The Morgan fingerprint density at radius 1 is 1.35 bits per heavy atom. The molecule has 8 nitrogen and oxygen atoms in total. The predicted octanol–water partition coefficient (Wildman–Crippen LogP) is 1.16. The fourth-order valence-electron chi connectivity index (χ4n) is 1.78. The van der Waals surface area contributed by atoms with Crippen molar-refractivity contribution in [3.63, 3.8) is 0 Å². The lowest BCUT2D eigenvalue weighted by molar-refractivity contribution is -0.384. The second-order valence-electron chi connectivity index (χ2n) is 4.23. The van der Waals surface area contributed by atoms with Crippen LogP contribution in [0.5, 0.6) is 0 Å². The van der Waals surface area contributed by atoms with Gasteiger partial charge >= 0.3 is 5.97 Å². The number of carbonyl (C=O) groups is 2. The molecule has 0 radical (unpaired) electrons. The molecule has 20 heavy (non-hydrogen) atoms. The molecule has 104 valence electrons. The van der Waals surface area contributed by atoms with Gasteiger partial charge in [-0.3, -0.25) is 14.9 Å². The van der Waals surface area contributed by atoms with E-state index in [0.717, 1.165) is 5.01 Å². The molecule has 0 fully saturated rings. The van der Waals surface area contributed by atoms with Gasteiger partial charge < -0.3 is 5.11 Å². The van der Waals surface area contributed by atoms with Crippen LogP contribution in [0.15, 0.2) is 29.4 Å². The number of carbonyl (C=O) groups excluding carboxylic acids is 1. The average molecular weight is 277 g/mol. The molecule has 2 rings (SSSR count). The summed E-state index contributed by atoms with van der Waals surface area (Å²) in [7, 11) is 0. The maximum atomic E-state index is 11.7. The smallest absolute Gasteiger partial charge is 0.352 e. The highest BCUT2D eigenvalue weighted by Crippen LogP contribution is 2.16. The van der Waals surface area contributed by atoms with Crippen LogP contribution >= 0.6 is 0 Å². The summed E-state index contributed by atoms with van der Waals surface area (Å²) in [5.41, 5.74) is 0.527. The number of non-ortho nitro benzene ring substituents is 1.